The lowest BCUT2D eigenvalue weighted by Gasteiger charge is -2.34. The van der Waals surface area contributed by atoms with Gasteiger partial charge in [-0.3, -0.25) is 13.9 Å². The Morgan fingerprint density at radius 1 is 0.848 bits per heavy atom. The summed E-state index contributed by atoms with van der Waals surface area (Å²) in [7, 11) is -4.60. The maximum absolute atomic E-state index is 15.0. The number of sulfonamides is 1. The number of carbonyl (C=O) groups is 2. The fourth-order valence-electron chi connectivity index (χ4n) is 4.82. The Bertz CT molecular complexity index is 1740. The van der Waals surface area contributed by atoms with Crippen molar-refractivity contribution in [3.05, 3.63) is 132 Å². The van der Waals surface area contributed by atoms with Crippen LogP contribution < -0.4 is 9.62 Å². The number of nitrogens with one attached hydrogen (secondary N) is 1. The van der Waals surface area contributed by atoms with Crippen molar-refractivity contribution >= 4 is 27.5 Å². The van der Waals surface area contributed by atoms with Crippen LogP contribution in [0.2, 0.25) is 0 Å². The molecule has 46 heavy (non-hydrogen) atoms. The van der Waals surface area contributed by atoms with Crippen molar-refractivity contribution in [1.82, 2.24) is 10.2 Å². The summed E-state index contributed by atoms with van der Waals surface area (Å²) >= 11 is 0. The van der Waals surface area contributed by atoms with Crippen molar-refractivity contribution in [3.63, 3.8) is 0 Å². The number of halogens is 4. The zero-order chi connectivity index (χ0) is 33.3. The zero-order valence-electron chi connectivity index (χ0n) is 25.0. The molecule has 0 aliphatic heterocycles. The fourth-order valence-corrected chi connectivity index (χ4v) is 6.24. The molecular weight excluding hydrogens is 622 g/mol. The highest BCUT2D eigenvalue weighted by Gasteiger charge is 2.36. The number of hydrogen-bond acceptors (Lipinski definition) is 4. The third kappa shape index (κ3) is 8.51. The minimum atomic E-state index is -4.79. The molecule has 0 saturated carbocycles. The molecule has 4 aromatic carbocycles. The van der Waals surface area contributed by atoms with E-state index in [1.165, 1.54) is 42.5 Å². The number of hydrogen-bond donors (Lipinski definition) is 1. The molecule has 0 aliphatic carbocycles. The number of nitrogens with zero attached hydrogens (tertiary/aromatic N) is 2. The van der Waals surface area contributed by atoms with Crippen molar-refractivity contribution in [2.45, 2.75) is 43.4 Å². The van der Waals surface area contributed by atoms with Crippen LogP contribution in [-0.4, -0.2) is 44.3 Å². The molecule has 0 aliphatic rings. The van der Waals surface area contributed by atoms with Gasteiger partial charge in [0.25, 0.3) is 10.0 Å². The summed E-state index contributed by atoms with van der Waals surface area (Å²) in [5, 5.41) is 2.77. The average Bonchev–Trinajstić information content (AvgIpc) is 3.05. The summed E-state index contributed by atoms with van der Waals surface area (Å²) in [5.74, 6) is -2.13. The molecule has 2 amide bonds. The standard InChI is InChI=1S/C34H33F4N3O4S/c1-2-20-39-33(43)31(21-25-12-5-3-6-13-25)40(23-26-14-9-10-19-30(26)35)32(42)24-41(46(44,45)29-17-7-4-8-18-29)28-16-11-15-27(22-28)34(36,37)38/h3-19,22,31H,2,20-21,23-24H2,1H3,(H,39,43)/t31-/m1/s1. The first-order valence-corrected chi connectivity index (χ1v) is 16.0. The predicted octanol–water partition coefficient (Wildman–Crippen LogP) is 6.21. The molecule has 0 saturated heterocycles. The van der Waals surface area contributed by atoms with E-state index in [2.05, 4.69) is 5.32 Å². The maximum atomic E-state index is 15.0. The van der Waals surface area contributed by atoms with E-state index in [4.69, 9.17) is 0 Å². The minimum Gasteiger partial charge on any atom is -0.354 e. The van der Waals surface area contributed by atoms with Gasteiger partial charge in [-0.1, -0.05) is 79.7 Å². The van der Waals surface area contributed by atoms with Crippen LogP contribution in [0, 0.1) is 5.82 Å². The molecule has 4 aromatic rings. The summed E-state index contributed by atoms with van der Waals surface area (Å²) in [6.07, 6.45) is -4.20. The van der Waals surface area contributed by atoms with Gasteiger partial charge in [0.2, 0.25) is 11.8 Å². The van der Waals surface area contributed by atoms with E-state index >= 15 is 0 Å². The number of carbonyl (C=O) groups excluding carboxylic acids is 2. The predicted molar refractivity (Wildman–Crippen MR) is 167 cm³/mol. The van der Waals surface area contributed by atoms with Gasteiger partial charge in [-0.05, 0) is 48.4 Å². The third-order valence-corrected chi connectivity index (χ3v) is 8.98. The second-order valence-corrected chi connectivity index (χ2v) is 12.3. The number of amides is 2. The van der Waals surface area contributed by atoms with E-state index in [0.29, 0.717) is 22.4 Å². The highest BCUT2D eigenvalue weighted by atomic mass is 32.2. The van der Waals surface area contributed by atoms with E-state index in [1.807, 2.05) is 6.92 Å². The SMILES string of the molecule is CCCNC(=O)[C@@H](Cc1ccccc1)N(Cc1ccccc1F)C(=O)CN(c1cccc(C(F)(F)F)c1)S(=O)(=O)c1ccccc1. The van der Waals surface area contributed by atoms with Gasteiger partial charge in [0.1, 0.15) is 18.4 Å². The molecule has 4 rings (SSSR count). The molecule has 0 aromatic heterocycles. The topological polar surface area (TPSA) is 86.8 Å². The first-order valence-electron chi connectivity index (χ1n) is 14.5. The molecule has 0 bridgehead atoms. The fraction of sp³-hybridized carbons (Fsp3) is 0.235. The molecule has 0 fully saturated rings. The van der Waals surface area contributed by atoms with Crippen molar-refractivity contribution < 1.29 is 35.6 Å². The van der Waals surface area contributed by atoms with E-state index in [9.17, 15) is 35.6 Å². The average molecular weight is 656 g/mol. The Balaban J connectivity index is 1.84. The molecular formula is C34H33F4N3O4S. The van der Waals surface area contributed by atoms with Gasteiger partial charge in [0.15, 0.2) is 0 Å². The van der Waals surface area contributed by atoms with Crippen LogP contribution in [0.4, 0.5) is 23.2 Å². The molecule has 242 valence electrons. The summed E-state index contributed by atoms with van der Waals surface area (Å²) < 4.78 is 84.5. The smallest absolute Gasteiger partial charge is 0.354 e. The lowest BCUT2D eigenvalue weighted by atomic mass is 10.0. The van der Waals surface area contributed by atoms with Crippen LogP contribution >= 0.6 is 0 Å². The molecule has 0 heterocycles. The molecule has 0 spiro atoms. The highest BCUT2D eigenvalue weighted by molar-refractivity contribution is 7.92. The van der Waals surface area contributed by atoms with E-state index in [0.717, 1.165) is 23.1 Å². The Labute approximate surface area is 265 Å². The normalized spacial score (nSPS) is 12.3. The highest BCUT2D eigenvalue weighted by Crippen LogP contribution is 2.33. The van der Waals surface area contributed by atoms with Gasteiger partial charge in [-0.2, -0.15) is 13.2 Å². The minimum absolute atomic E-state index is 0.00553. The number of anilines is 1. The second kappa shape index (κ2) is 15.0. The van der Waals surface area contributed by atoms with Gasteiger partial charge in [0, 0.05) is 25.1 Å². The molecule has 1 atom stereocenters. The summed E-state index contributed by atoms with van der Waals surface area (Å²) in [6, 6.07) is 23.8. The molecule has 12 heteroatoms. The maximum Gasteiger partial charge on any atom is 0.416 e. The lowest BCUT2D eigenvalue weighted by molar-refractivity contribution is -0.140. The van der Waals surface area contributed by atoms with E-state index in [1.54, 1.807) is 42.5 Å². The van der Waals surface area contributed by atoms with Gasteiger partial charge in [0.05, 0.1) is 16.1 Å². The third-order valence-electron chi connectivity index (χ3n) is 7.19. The van der Waals surface area contributed by atoms with Crippen LogP contribution in [0.25, 0.3) is 0 Å². The van der Waals surface area contributed by atoms with Crippen LogP contribution in [0.3, 0.4) is 0 Å². The summed E-state index contributed by atoms with van der Waals surface area (Å²) in [5.41, 5.74) is -0.784. The lowest BCUT2D eigenvalue weighted by Crippen LogP contribution is -2.53. The summed E-state index contributed by atoms with van der Waals surface area (Å²) in [4.78, 5) is 28.7. The quantitative estimate of drug-likeness (QED) is 0.174. The Morgan fingerprint density at radius 3 is 2.11 bits per heavy atom. The molecule has 0 radical (unpaired) electrons. The number of alkyl halides is 3. The van der Waals surface area contributed by atoms with Gasteiger partial charge < -0.3 is 10.2 Å². The Hall–Kier alpha value is -4.71. The molecule has 1 N–H and O–H groups in total. The molecule has 0 unspecified atom stereocenters. The van der Waals surface area contributed by atoms with Gasteiger partial charge in [-0.25, -0.2) is 12.8 Å². The van der Waals surface area contributed by atoms with Gasteiger partial charge in [-0.15, -0.1) is 0 Å². The molecule has 7 nitrogen and oxygen atoms in total. The van der Waals surface area contributed by atoms with Crippen LogP contribution in [-0.2, 0) is 38.8 Å². The zero-order valence-corrected chi connectivity index (χ0v) is 25.8. The van der Waals surface area contributed by atoms with Crippen LogP contribution in [0.1, 0.15) is 30.0 Å². The van der Waals surface area contributed by atoms with Gasteiger partial charge >= 0.3 is 6.18 Å². The second-order valence-electron chi connectivity index (χ2n) is 10.5. The first kappa shape index (κ1) is 34.2. The van der Waals surface area contributed by atoms with Crippen LogP contribution in [0.15, 0.2) is 114 Å². The number of rotatable bonds is 13. The van der Waals surface area contributed by atoms with Crippen LogP contribution in [0.5, 0.6) is 0 Å². The van der Waals surface area contributed by atoms with Crippen molar-refractivity contribution in [3.8, 4) is 0 Å². The largest absolute Gasteiger partial charge is 0.416 e. The monoisotopic (exact) mass is 655 g/mol. The van der Waals surface area contributed by atoms with E-state index < -0.39 is 64.2 Å². The first-order chi connectivity index (χ1) is 21.9. The number of benzene rings is 4. The van der Waals surface area contributed by atoms with Crippen molar-refractivity contribution in [2.75, 3.05) is 17.4 Å². The Morgan fingerprint density at radius 2 is 1.48 bits per heavy atom. The summed E-state index contributed by atoms with van der Waals surface area (Å²) in [6.45, 7) is 0.741. The van der Waals surface area contributed by atoms with Crippen molar-refractivity contribution in [1.29, 1.82) is 0 Å². The van der Waals surface area contributed by atoms with E-state index in [-0.39, 0.29) is 23.4 Å². The Kier molecular flexibility index (Phi) is 11.2. The van der Waals surface area contributed by atoms with Crippen molar-refractivity contribution in [2.24, 2.45) is 0 Å².